The van der Waals surface area contributed by atoms with Crippen molar-refractivity contribution < 1.29 is 9.59 Å². The minimum Gasteiger partial charge on any atom is -0.351 e. The number of hydrogen-bond donors (Lipinski definition) is 2. The quantitative estimate of drug-likeness (QED) is 0.813. The Balaban J connectivity index is 2.14. The van der Waals surface area contributed by atoms with Crippen LogP contribution in [0.4, 0.5) is 5.69 Å². The molecule has 5 nitrogen and oxygen atoms in total. The Morgan fingerprint density at radius 2 is 2.28 bits per heavy atom. The van der Waals surface area contributed by atoms with E-state index in [-0.39, 0.29) is 11.8 Å². The third kappa shape index (κ3) is 2.68. The van der Waals surface area contributed by atoms with Crippen LogP contribution in [0.1, 0.15) is 23.2 Å². The van der Waals surface area contributed by atoms with Crippen molar-refractivity contribution in [2.75, 3.05) is 24.5 Å². The van der Waals surface area contributed by atoms with Crippen molar-refractivity contribution in [3.63, 3.8) is 0 Å². The van der Waals surface area contributed by atoms with Crippen molar-refractivity contribution in [3.8, 4) is 0 Å². The number of carbonyl (C=O) groups excluding carboxylic acids is 2. The fourth-order valence-corrected chi connectivity index (χ4v) is 2.02. The normalized spacial score (nSPS) is 14.9. The molecule has 1 heterocycles. The Hall–Kier alpha value is -1.88. The third-order valence-corrected chi connectivity index (χ3v) is 2.92. The number of nitrogens with zero attached hydrogens (tertiary/aromatic N) is 1. The zero-order chi connectivity index (χ0) is 13.0. The molecule has 2 amide bonds. The summed E-state index contributed by atoms with van der Waals surface area (Å²) in [6.07, 6.45) is 1.46. The van der Waals surface area contributed by atoms with Gasteiger partial charge >= 0.3 is 0 Å². The average molecular weight is 247 g/mol. The maximum absolute atomic E-state index is 11.8. The van der Waals surface area contributed by atoms with Gasteiger partial charge in [0.05, 0.1) is 0 Å². The number of anilines is 1. The molecule has 1 aromatic rings. The molecule has 1 aromatic carbocycles. The highest BCUT2D eigenvalue weighted by atomic mass is 16.2. The second kappa shape index (κ2) is 5.64. The van der Waals surface area contributed by atoms with E-state index in [4.69, 9.17) is 5.73 Å². The fourth-order valence-electron chi connectivity index (χ4n) is 2.02. The summed E-state index contributed by atoms with van der Waals surface area (Å²) in [5, 5.41) is 2.71. The fraction of sp³-hybridized carbons (Fsp3) is 0.385. The van der Waals surface area contributed by atoms with Crippen LogP contribution in [0.25, 0.3) is 0 Å². The molecule has 3 N–H and O–H groups in total. The molecule has 1 saturated heterocycles. The lowest BCUT2D eigenvalue weighted by Crippen LogP contribution is -2.29. The van der Waals surface area contributed by atoms with Crippen LogP contribution in [0.2, 0.25) is 0 Å². The van der Waals surface area contributed by atoms with Crippen LogP contribution in [0.15, 0.2) is 24.3 Å². The third-order valence-electron chi connectivity index (χ3n) is 2.92. The van der Waals surface area contributed by atoms with Gasteiger partial charge < -0.3 is 16.0 Å². The molecule has 1 aliphatic rings. The van der Waals surface area contributed by atoms with Crippen LogP contribution < -0.4 is 16.0 Å². The molecule has 0 atom stereocenters. The number of nitrogens with one attached hydrogen (secondary N) is 1. The molecule has 0 bridgehead atoms. The molecule has 5 heteroatoms. The van der Waals surface area contributed by atoms with Crippen molar-refractivity contribution in [3.05, 3.63) is 29.8 Å². The van der Waals surface area contributed by atoms with Gasteiger partial charge in [0, 0.05) is 37.3 Å². The summed E-state index contributed by atoms with van der Waals surface area (Å²) in [6, 6.07) is 7.12. The first-order valence-electron chi connectivity index (χ1n) is 6.11. The van der Waals surface area contributed by atoms with Gasteiger partial charge in [0.1, 0.15) is 0 Å². The highest BCUT2D eigenvalue weighted by Gasteiger charge is 2.22. The number of benzene rings is 1. The number of carbonyl (C=O) groups is 2. The Bertz CT molecular complexity index is 459. The minimum absolute atomic E-state index is 0.120. The number of nitrogens with two attached hydrogens (primary N) is 1. The van der Waals surface area contributed by atoms with E-state index < -0.39 is 0 Å². The van der Waals surface area contributed by atoms with E-state index in [1.807, 2.05) is 6.07 Å². The zero-order valence-corrected chi connectivity index (χ0v) is 10.2. The second-order valence-electron chi connectivity index (χ2n) is 4.24. The lowest BCUT2D eigenvalue weighted by Gasteiger charge is -2.16. The standard InChI is InChI=1S/C13H17N3O2/c14-6-7-15-13(18)10-3-1-4-11(9-10)16-8-2-5-12(16)17/h1,3-4,9H,2,5-8,14H2,(H,15,18). The van der Waals surface area contributed by atoms with Crippen molar-refractivity contribution in [2.24, 2.45) is 5.73 Å². The van der Waals surface area contributed by atoms with Gasteiger partial charge in [0.2, 0.25) is 5.91 Å². The molecule has 0 unspecified atom stereocenters. The van der Waals surface area contributed by atoms with Crippen LogP contribution >= 0.6 is 0 Å². The van der Waals surface area contributed by atoms with E-state index in [1.165, 1.54) is 0 Å². The van der Waals surface area contributed by atoms with Gasteiger partial charge in [-0.1, -0.05) is 6.07 Å². The summed E-state index contributed by atoms with van der Waals surface area (Å²) in [7, 11) is 0. The lowest BCUT2D eigenvalue weighted by atomic mass is 10.1. The highest BCUT2D eigenvalue weighted by Crippen LogP contribution is 2.22. The van der Waals surface area contributed by atoms with Gasteiger partial charge in [-0.05, 0) is 24.6 Å². The molecule has 18 heavy (non-hydrogen) atoms. The summed E-state index contributed by atoms with van der Waals surface area (Å²) < 4.78 is 0. The highest BCUT2D eigenvalue weighted by molar-refractivity contribution is 5.99. The van der Waals surface area contributed by atoms with Crippen LogP contribution in [-0.2, 0) is 4.79 Å². The SMILES string of the molecule is NCCNC(=O)c1cccc(N2CCCC2=O)c1. The number of amides is 2. The lowest BCUT2D eigenvalue weighted by molar-refractivity contribution is -0.117. The molecule has 0 saturated carbocycles. The van der Waals surface area contributed by atoms with E-state index in [0.29, 0.717) is 25.1 Å². The molecule has 0 aliphatic carbocycles. The molecule has 96 valence electrons. The first kappa shape index (κ1) is 12.6. The van der Waals surface area contributed by atoms with Gasteiger partial charge in [-0.15, -0.1) is 0 Å². The Labute approximate surface area is 106 Å². The van der Waals surface area contributed by atoms with Crippen molar-refractivity contribution in [1.82, 2.24) is 5.32 Å². The number of rotatable bonds is 4. The smallest absolute Gasteiger partial charge is 0.251 e. The maximum Gasteiger partial charge on any atom is 0.251 e. The first-order valence-corrected chi connectivity index (χ1v) is 6.11. The monoisotopic (exact) mass is 247 g/mol. The Kier molecular flexibility index (Phi) is 3.94. The van der Waals surface area contributed by atoms with Crippen molar-refractivity contribution in [2.45, 2.75) is 12.8 Å². The number of hydrogen-bond acceptors (Lipinski definition) is 3. The Morgan fingerprint density at radius 1 is 1.44 bits per heavy atom. The molecule has 0 spiro atoms. The molecule has 2 rings (SSSR count). The summed E-state index contributed by atoms with van der Waals surface area (Å²) in [5.74, 6) is -0.0385. The van der Waals surface area contributed by atoms with E-state index in [9.17, 15) is 9.59 Å². The topological polar surface area (TPSA) is 75.4 Å². The Morgan fingerprint density at radius 3 is 2.94 bits per heavy atom. The van der Waals surface area contributed by atoms with Gasteiger partial charge in [0.25, 0.3) is 5.91 Å². The van der Waals surface area contributed by atoms with Crippen molar-refractivity contribution >= 4 is 17.5 Å². The van der Waals surface area contributed by atoms with Crippen LogP contribution in [0.3, 0.4) is 0 Å². The van der Waals surface area contributed by atoms with Gasteiger partial charge in [-0.2, -0.15) is 0 Å². The summed E-state index contributed by atoms with van der Waals surface area (Å²) >= 11 is 0. The zero-order valence-electron chi connectivity index (χ0n) is 10.2. The van der Waals surface area contributed by atoms with Crippen LogP contribution in [0, 0.1) is 0 Å². The average Bonchev–Trinajstić information content (AvgIpc) is 2.82. The van der Waals surface area contributed by atoms with Gasteiger partial charge in [-0.3, -0.25) is 9.59 Å². The maximum atomic E-state index is 11.8. The summed E-state index contributed by atoms with van der Waals surface area (Å²) in [4.78, 5) is 25.1. The van der Waals surface area contributed by atoms with Gasteiger partial charge in [-0.25, -0.2) is 0 Å². The van der Waals surface area contributed by atoms with E-state index in [1.54, 1.807) is 23.1 Å². The predicted molar refractivity (Wildman–Crippen MR) is 69.4 cm³/mol. The second-order valence-corrected chi connectivity index (χ2v) is 4.24. The molecule has 1 fully saturated rings. The van der Waals surface area contributed by atoms with Crippen LogP contribution in [-0.4, -0.2) is 31.4 Å². The molecular formula is C13H17N3O2. The van der Waals surface area contributed by atoms with Crippen molar-refractivity contribution in [1.29, 1.82) is 0 Å². The van der Waals surface area contributed by atoms with Gasteiger partial charge in [0.15, 0.2) is 0 Å². The molecule has 1 aliphatic heterocycles. The minimum atomic E-state index is -0.158. The largest absolute Gasteiger partial charge is 0.351 e. The predicted octanol–water partition coefficient (Wildman–Crippen LogP) is 0.502. The van der Waals surface area contributed by atoms with Crippen LogP contribution in [0.5, 0.6) is 0 Å². The van der Waals surface area contributed by atoms with E-state index >= 15 is 0 Å². The first-order chi connectivity index (χ1) is 8.72. The molecule has 0 aromatic heterocycles. The summed E-state index contributed by atoms with van der Waals surface area (Å²) in [6.45, 7) is 1.59. The van der Waals surface area contributed by atoms with E-state index in [2.05, 4.69) is 5.32 Å². The molecule has 0 radical (unpaired) electrons. The summed E-state index contributed by atoms with van der Waals surface area (Å²) in [5.41, 5.74) is 6.68. The molecular weight excluding hydrogens is 230 g/mol. The van der Waals surface area contributed by atoms with E-state index in [0.717, 1.165) is 18.7 Å².